The molecule has 3 N–H and O–H groups in total. The fourth-order valence-electron chi connectivity index (χ4n) is 3.09. The third kappa shape index (κ3) is 1.63. The molecular weight excluding hydrogens is 236 g/mol. The first kappa shape index (κ1) is 13.3. The molecule has 0 bridgehead atoms. The number of fused-ring (bicyclic) bond motifs is 1. The number of methoxy groups -OCH3 is 1. The maximum atomic E-state index is 12.1. The Morgan fingerprint density at radius 3 is 2.78 bits per heavy atom. The maximum Gasteiger partial charge on any atom is 0.336 e. The highest BCUT2D eigenvalue weighted by Crippen LogP contribution is 2.37. The Balaban J connectivity index is 2.43. The van der Waals surface area contributed by atoms with E-state index in [0.717, 1.165) is 0 Å². The lowest BCUT2D eigenvalue weighted by Gasteiger charge is -2.37. The Kier molecular flexibility index (Phi) is 3.33. The van der Waals surface area contributed by atoms with Gasteiger partial charge in [-0.15, -0.1) is 0 Å². The normalized spacial score (nSPS) is 36.4. The zero-order valence-electron chi connectivity index (χ0n) is 10.9. The molecular formula is C12H20N2O4. The summed E-state index contributed by atoms with van der Waals surface area (Å²) in [5.41, 5.74) is -1.36. The van der Waals surface area contributed by atoms with Crippen LogP contribution in [-0.4, -0.2) is 48.3 Å². The minimum Gasteiger partial charge on any atom is -0.467 e. The maximum absolute atomic E-state index is 12.1. The number of nitrogens with one attached hydrogen (secondary N) is 2. The standard InChI is InChI=1S/C12H20N2O4/c1-6(2)9(15)12(11(17)18-3)8-7(4-5-13-8)10(16)14-12/h6-9,13,15H,4-5H2,1-3H3,(H,14,16)/t7-,8+,9+,12+/m1/s1. The van der Waals surface area contributed by atoms with E-state index < -0.39 is 23.7 Å². The van der Waals surface area contributed by atoms with Gasteiger partial charge in [-0.3, -0.25) is 4.79 Å². The van der Waals surface area contributed by atoms with Crippen molar-refractivity contribution in [3.8, 4) is 0 Å². The molecule has 102 valence electrons. The van der Waals surface area contributed by atoms with E-state index in [1.165, 1.54) is 7.11 Å². The number of aliphatic hydroxyl groups is 1. The molecule has 0 aromatic rings. The summed E-state index contributed by atoms with van der Waals surface area (Å²) in [5.74, 6) is -1.20. The van der Waals surface area contributed by atoms with E-state index in [0.29, 0.717) is 13.0 Å². The van der Waals surface area contributed by atoms with Crippen LogP contribution in [0.15, 0.2) is 0 Å². The van der Waals surface area contributed by atoms with Crippen LogP contribution in [0.25, 0.3) is 0 Å². The summed E-state index contributed by atoms with van der Waals surface area (Å²) >= 11 is 0. The van der Waals surface area contributed by atoms with Crippen molar-refractivity contribution in [1.29, 1.82) is 0 Å². The molecule has 0 spiro atoms. The minimum absolute atomic E-state index is 0.162. The van der Waals surface area contributed by atoms with Crippen LogP contribution in [0.3, 0.4) is 0 Å². The Hall–Kier alpha value is -1.14. The summed E-state index contributed by atoms with van der Waals surface area (Å²) in [7, 11) is 1.27. The summed E-state index contributed by atoms with van der Waals surface area (Å²) in [6, 6.07) is -0.394. The lowest BCUT2D eigenvalue weighted by atomic mass is 9.78. The molecule has 1 amide bonds. The fraction of sp³-hybridized carbons (Fsp3) is 0.833. The number of hydrogen-bond acceptors (Lipinski definition) is 5. The fourth-order valence-corrected chi connectivity index (χ4v) is 3.09. The highest BCUT2D eigenvalue weighted by Gasteiger charge is 2.64. The molecule has 0 radical (unpaired) electrons. The van der Waals surface area contributed by atoms with E-state index >= 15 is 0 Å². The molecule has 0 saturated carbocycles. The van der Waals surface area contributed by atoms with Gasteiger partial charge in [0.25, 0.3) is 0 Å². The van der Waals surface area contributed by atoms with Gasteiger partial charge >= 0.3 is 5.97 Å². The second-order valence-corrected chi connectivity index (χ2v) is 5.37. The van der Waals surface area contributed by atoms with E-state index in [9.17, 15) is 14.7 Å². The topological polar surface area (TPSA) is 87.7 Å². The first-order valence-electron chi connectivity index (χ1n) is 6.27. The van der Waals surface area contributed by atoms with Crippen LogP contribution >= 0.6 is 0 Å². The van der Waals surface area contributed by atoms with E-state index in [1.54, 1.807) is 0 Å². The molecule has 0 unspecified atom stereocenters. The van der Waals surface area contributed by atoms with Crippen molar-refractivity contribution >= 4 is 11.9 Å². The number of carbonyl (C=O) groups excluding carboxylic acids is 2. The summed E-state index contributed by atoms with van der Waals surface area (Å²) in [6.07, 6.45) is -0.297. The van der Waals surface area contributed by atoms with Crippen molar-refractivity contribution in [2.24, 2.45) is 11.8 Å². The number of esters is 1. The van der Waals surface area contributed by atoms with Crippen molar-refractivity contribution in [1.82, 2.24) is 10.6 Å². The number of amides is 1. The predicted molar refractivity (Wildman–Crippen MR) is 63.6 cm³/mol. The molecule has 2 aliphatic heterocycles. The zero-order chi connectivity index (χ0) is 13.5. The highest BCUT2D eigenvalue weighted by molar-refractivity contribution is 5.95. The van der Waals surface area contributed by atoms with Crippen LogP contribution in [0, 0.1) is 11.8 Å². The number of aliphatic hydroxyl groups excluding tert-OH is 1. The molecule has 0 aromatic carbocycles. The Morgan fingerprint density at radius 2 is 2.22 bits per heavy atom. The van der Waals surface area contributed by atoms with Gasteiger partial charge in [-0.1, -0.05) is 13.8 Å². The quantitative estimate of drug-likeness (QED) is 0.565. The monoisotopic (exact) mass is 256 g/mol. The van der Waals surface area contributed by atoms with Crippen molar-refractivity contribution in [2.45, 2.75) is 38.0 Å². The van der Waals surface area contributed by atoms with Gasteiger partial charge in [-0.05, 0) is 18.9 Å². The SMILES string of the molecule is COC(=O)[C@]1([C@@H](O)C(C)C)NC(=O)[C@@H]2CCN[C@@H]21. The van der Waals surface area contributed by atoms with Gasteiger partial charge in [-0.2, -0.15) is 0 Å². The van der Waals surface area contributed by atoms with Crippen molar-refractivity contribution in [2.75, 3.05) is 13.7 Å². The van der Waals surface area contributed by atoms with Crippen molar-refractivity contribution in [3.63, 3.8) is 0 Å². The number of ether oxygens (including phenoxy) is 1. The van der Waals surface area contributed by atoms with Gasteiger partial charge in [0.05, 0.1) is 25.2 Å². The van der Waals surface area contributed by atoms with Crippen LogP contribution in [-0.2, 0) is 14.3 Å². The molecule has 2 rings (SSSR count). The highest BCUT2D eigenvalue weighted by atomic mass is 16.5. The van der Waals surface area contributed by atoms with Crippen LogP contribution in [0.5, 0.6) is 0 Å². The Bertz CT molecular complexity index is 371. The molecule has 2 fully saturated rings. The van der Waals surface area contributed by atoms with E-state index in [4.69, 9.17) is 4.74 Å². The third-order valence-corrected chi connectivity index (χ3v) is 4.00. The van der Waals surface area contributed by atoms with Gasteiger partial charge in [0.1, 0.15) is 0 Å². The molecule has 2 saturated heterocycles. The second-order valence-electron chi connectivity index (χ2n) is 5.37. The Morgan fingerprint density at radius 1 is 1.56 bits per heavy atom. The smallest absolute Gasteiger partial charge is 0.336 e. The molecule has 6 heteroatoms. The summed E-state index contributed by atoms with van der Waals surface area (Å²) in [5, 5.41) is 16.2. The van der Waals surface area contributed by atoms with Gasteiger partial charge in [0.2, 0.25) is 5.91 Å². The largest absolute Gasteiger partial charge is 0.467 e. The minimum atomic E-state index is -1.36. The molecule has 18 heavy (non-hydrogen) atoms. The number of carbonyl (C=O) groups is 2. The molecule has 2 aliphatic rings. The average Bonchev–Trinajstić information content (AvgIpc) is 2.91. The van der Waals surface area contributed by atoms with Crippen LogP contribution in [0.2, 0.25) is 0 Å². The summed E-state index contributed by atoms with van der Waals surface area (Å²) in [6.45, 7) is 4.29. The summed E-state index contributed by atoms with van der Waals surface area (Å²) < 4.78 is 4.81. The lowest BCUT2D eigenvalue weighted by molar-refractivity contribution is -0.157. The van der Waals surface area contributed by atoms with Gasteiger partial charge in [0, 0.05) is 0 Å². The first-order chi connectivity index (χ1) is 8.45. The van der Waals surface area contributed by atoms with E-state index in [2.05, 4.69) is 10.6 Å². The lowest BCUT2D eigenvalue weighted by Crippen LogP contribution is -2.67. The zero-order valence-corrected chi connectivity index (χ0v) is 10.9. The molecule has 2 heterocycles. The van der Waals surface area contributed by atoms with Gasteiger partial charge in [0.15, 0.2) is 5.54 Å². The Labute approximate surface area is 106 Å². The average molecular weight is 256 g/mol. The second kappa shape index (κ2) is 4.51. The van der Waals surface area contributed by atoms with Crippen molar-refractivity contribution in [3.05, 3.63) is 0 Å². The molecule has 4 atom stereocenters. The predicted octanol–water partition coefficient (Wildman–Crippen LogP) is -0.977. The van der Waals surface area contributed by atoms with Crippen molar-refractivity contribution < 1.29 is 19.4 Å². The van der Waals surface area contributed by atoms with E-state index in [1.807, 2.05) is 13.8 Å². The number of rotatable bonds is 3. The van der Waals surface area contributed by atoms with Crippen LogP contribution in [0.1, 0.15) is 20.3 Å². The van der Waals surface area contributed by atoms with Gasteiger partial charge in [-0.25, -0.2) is 4.79 Å². The number of hydrogen-bond donors (Lipinski definition) is 3. The van der Waals surface area contributed by atoms with E-state index in [-0.39, 0.29) is 17.7 Å². The van der Waals surface area contributed by atoms with Crippen LogP contribution in [0.4, 0.5) is 0 Å². The van der Waals surface area contributed by atoms with Gasteiger partial charge < -0.3 is 20.5 Å². The summed E-state index contributed by atoms with van der Waals surface area (Å²) in [4.78, 5) is 24.1. The van der Waals surface area contributed by atoms with Crippen LogP contribution < -0.4 is 10.6 Å². The third-order valence-electron chi connectivity index (χ3n) is 4.00. The molecule has 0 aliphatic carbocycles. The molecule has 6 nitrogen and oxygen atoms in total. The first-order valence-corrected chi connectivity index (χ1v) is 6.27. The molecule has 0 aromatic heterocycles.